The number of ether oxygens (including phenoxy) is 2. The summed E-state index contributed by atoms with van der Waals surface area (Å²) in [6.07, 6.45) is 2.56. The molecule has 94 valence electrons. The van der Waals surface area contributed by atoms with Crippen molar-refractivity contribution in [3.05, 3.63) is 23.5 Å². The molecule has 0 aliphatic heterocycles. The monoisotopic (exact) mass is 239 g/mol. The second-order valence-corrected chi connectivity index (χ2v) is 3.45. The van der Waals surface area contributed by atoms with Crippen LogP contribution in [0.3, 0.4) is 0 Å². The van der Waals surface area contributed by atoms with Gasteiger partial charge in [-0.25, -0.2) is 4.79 Å². The fourth-order valence-corrected chi connectivity index (χ4v) is 1.53. The second-order valence-electron chi connectivity index (χ2n) is 3.45. The summed E-state index contributed by atoms with van der Waals surface area (Å²) >= 11 is 0. The van der Waals surface area contributed by atoms with E-state index < -0.39 is 12.1 Å². The molecule has 0 aliphatic rings. The lowest BCUT2D eigenvalue weighted by Crippen LogP contribution is -2.12. The van der Waals surface area contributed by atoms with Gasteiger partial charge in [-0.3, -0.25) is 4.98 Å². The van der Waals surface area contributed by atoms with Gasteiger partial charge in [-0.15, -0.1) is 0 Å². The molecule has 0 saturated carbocycles. The number of methoxy groups -OCH3 is 1. The summed E-state index contributed by atoms with van der Waals surface area (Å²) in [5, 5.41) is 9.92. The van der Waals surface area contributed by atoms with E-state index in [2.05, 4.69) is 4.98 Å². The molecule has 0 radical (unpaired) electrons. The van der Waals surface area contributed by atoms with Gasteiger partial charge in [-0.05, 0) is 13.3 Å². The summed E-state index contributed by atoms with van der Waals surface area (Å²) in [7, 11) is 1.47. The first-order chi connectivity index (χ1) is 8.15. The van der Waals surface area contributed by atoms with E-state index in [0.717, 1.165) is 0 Å². The zero-order chi connectivity index (χ0) is 12.8. The number of aliphatic hydroxyl groups is 1. The molecular weight excluding hydrogens is 222 g/mol. The summed E-state index contributed by atoms with van der Waals surface area (Å²) in [5.74, 6) is -0.105. The van der Waals surface area contributed by atoms with E-state index in [1.54, 1.807) is 6.92 Å². The Labute approximate surface area is 100 Å². The lowest BCUT2D eigenvalue weighted by atomic mass is 10.0. The highest BCUT2D eigenvalue weighted by Gasteiger charge is 2.22. The maximum absolute atomic E-state index is 11.7. The van der Waals surface area contributed by atoms with Gasteiger partial charge in [0.25, 0.3) is 0 Å². The number of esters is 1. The number of carbonyl (C=O) groups is 1. The number of carbonyl (C=O) groups excluding carboxylic acids is 1. The summed E-state index contributed by atoms with van der Waals surface area (Å²) in [6.45, 7) is 3.82. The van der Waals surface area contributed by atoms with Crippen molar-refractivity contribution in [1.82, 2.24) is 4.98 Å². The third kappa shape index (κ3) is 2.94. The van der Waals surface area contributed by atoms with Crippen LogP contribution in [-0.2, 0) is 4.74 Å². The van der Waals surface area contributed by atoms with E-state index in [4.69, 9.17) is 9.47 Å². The van der Waals surface area contributed by atoms with E-state index in [9.17, 15) is 9.90 Å². The van der Waals surface area contributed by atoms with Gasteiger partial charge in [0.1, 0.15) is 5.75 Å². The predicted octanol–water partition coefficient (Wildman–Crippen LogP) is 1.71. The maximum atomic E-state index is 11.7. The largest absolute Gasteiger partial charge is 0.495 e. The van der Waals surface area contributed by atoms with Crippen LogP contribution in [0, 0.1) is 0 Å². The normalized spacial score (nSPS) is 12.0. The van der Waals surface area contributed by atoms with Gasteiger partial charge in [0.2, 0.25) is 0 Å². The average Bonchev–Trinajstić information content (AvgIpc) is 2.37. The third-order valence-electron chi connectivity index (χ3n) is 2.39. The van der Waals surface area contributed by atoms with Crippen molar-refractivity contribution in [2.75, 3.05) is 13.7 Å². The number of aromatic nitrogens is 1. The van der Waals surface area contributed by atoms with E-state index in [0.29, 0.717) is 17.7 Å². The van der Waals surface area contributed by atoms with Crippen LogP contribution >= 0.6 is 0 Å². The minimum Gasteiger partial charge on any atom is -0.495 e. The van der Waals surface area contributed by atoms with Gasteiger partial charge >= 0.3 is 5.97 Å². The number of hydrogen-bond acceptors (Lipinski definition) is 5. The Morgan fingerprint density at radius 2 is 2.18 bits per heavy atom. The molecule has 1 aromatic heterocycles. The Morgan fingerprint density at radius 3 is 2.71 bits per heavy atom. The lowest BCUT2D eigenvalue weighted by molar-refractivity contribution is 0.0517. The zero-order valence-corrected chi connectivity index (χ0v) is 10.3. The molecule has 0 amide bonds. The van der Waals surface area contributed by atoms with Gasteiger partial charge in [0.15, 0.2) is 0 Å². The Kier molecular flexibility index (Phi) is 4.90. The molecule has 0 fully saturated rings. The van der Waals surface area contributed by atoms with Crippen LogP contribution in [0.15, 0.2) is 12.4 Å². The molecule has 1 N–H and O–H groups in total. The van der Waals surface area contributed by atoms with Crippen LogP contribution in [0.4, 0.5) is 0 Å². The molecule has 1 unspecified atom stereocenters. The van der Waals surface area contributed by atoms with E-state index >= 15 is 0 Å². The number of hydrogen-bond donors (Lipinski definition) is 1. The van der Waals surface area contributed by atoms with Crippen LogP contribution in [0.25, 0.3) is 0 Å². The van der Waals surface area contributed by atoms with Gasteiger partial charge in [0, 0.05) is 11.8 Å². The van der Waals surface area contributed by atoms with Crippen LogP contribution in [0.2, 0.25) is 0 Å². The molecule has 1 heterocycles. The van der Waals surface area contributed by atoms with Crippen LogP contribution in [0.5, 0.6) is 5.75 Å². The van der Waals surface area contributed by atoms with Gasteiger partial charge in [-0.2, -0.15) is 0 Å². The van der Waals surface area contributed by atoms with E-state index in [-0.39, 0.29) is 12.2 Å². The fraction of sp³-hybridized carbons (Fsp3) is 0.500. The summed E-state index contributed by atoms with van der Waals surface area (Å²) < 4.78 is 10.0. The van der Waals surface area contributed by atoms with E-state index in [1.165, 1.54) is 19.5 Å². The van der Waals surface area contributed by atoms with E-state index in [1.807, 2.05) is 6.92 Å². The van der Waals surface area contributed by atoms with Gasteiger partial charge < -0.3 is 14.6 Å². The molecule has 0 aromatic carbocycles. The van der Waals surface area contributed by atoms with Crippen molar-refractivity contribution < 1.29 is 19.4 Å². The first-order valence-corrected chi connectivity index (χ1v) is 5.52. The minimum absolute atomic E-state index is 0.251. The predicted molar refractivity (Wildman–Crippen MR) is 62.0 cm³/mol. The molecule has 0 bridgehead atoms. The summed E-state index contributed by atoms with van der Waals surface area (Å²) in [4.78, 5) is 15.6. The molecule has 5 heteroatoms. The van der Waals surface area contributed by atoms with Gasteiger partial charge in [0.05, 0.1) is 31.6 Å². The van der Waals surface area contributed by atoms with Crippen molar-refractivity contribution in [2.24, 2.45) is 0 Å². The summed E-state index contributed by atoms with van der Waals surface area (Å²) in [5.41, 5.74) is 0.684. The SMILES string of the molecule is CCOC(=O)c1cncc(OC)c1C(O)CC. The molecule has 0 aliphatic carbocycles. The van der Waals surface area contributed by atoms with Crippen molar-refractivity contribution in [3.63, 3.8) is 0 Å². The maximum Gasteiger partial charge on any atom is 0.340 e. The smallest absolute Gasteiger partial charge is 0.340 e. The zero-order valence-electron chi connectivity index (χ0n) is 10.3. The molecule has 1 rings (SSSR count). The first-order valence-electron chi connectivity index (χ1n) is 5.52. The van der Waals surface area contributed by atoms with Gasteiger partial charge in [-0.1, -0.05) is 6.92 Å². The molecule has 17 heavy (non-hydrogen) atoms. The highest BCUT2D eigenvalue weighted by molar-refractivity contribution is 5.91. The molecular formula is C12H17NO4. The molecule has 5 nitrogen and oxygen atoms in total. The Bertz CT molecular complexity index is 392. The third-order valence-corrected chi connectivity index (χ3v) is 2.39. The number of nitrogens with zero attached hydrogens (tertiary/aromatic N) is 1. The van der Waals surface area contributed by atoms with Crippen molar-refractivity contribution >= 4 is 5.97 Å². The number of pyridine rings is 1. The van der Waals surface area contributed by atoms with Crippen molar-refractivity contribution in [3.8, 4) is 5.75 Å². The van der Waals surface area contributed by atoms with Crippen LogP contribution in [-0.4, -0.2) is 29.8 Å². The Hall–Kier alpha value is -1.62. The molecule has 0 spiro atoms. The minimum atomic E-state index is -0.771. The Balaban J connectivity index is 3.23. The quantitative estimate of drug-likeness (QED) is 0.792. The summed E-state index contributed by atoms with van der Waals surface area (Å²) in [6, 6.07) is 0. The molecule has 1 atom stereocenters. The van der Waals surface area contributed by atoms with Crippen LogP contribution < -0.4 is 4.74 Å². The number of rotatable bonds is 5. The highest BCUT2D eigenvalue weighted by atomic mass is 16.5. The van der Waals surface area contributed by atoms with Crippen LogP contribution in [0.1, 0.15) is 42.3 Å². The molecule has 0 saturated heterocycles. The lowest BCUT2D eigenvalue weighted by Gasteiger charge is -2.16. The molecule has 1 aromatic rings. The average molecular weight is 239 g/mol. The first kappa shape index (κ1) is 13.4. The van der Waals surface area contributed by atoms with Crippen molar-refractivity contribution in [1.29, 1.82) is 0 Å². The number of aliphatic hydroxyl groups excluding tert-OH is 1. The topological polar surface area (TPSA) is 68.7 Å². The van der Waals surface area contributed by atoms with Crippen molar-refractivity contribution in [2.45, 2.75) is 26.4 Å². The Morgan fingerprint density at radius 1 is 1.47 bits per heavy atom. The second kappa shape index (κ2) is 6.20. The fourth-order valence-electron chi connectivity index (χ4n) is 1.53. The highest BCUT2D eigenvalue weighted by Crippen LogP contribution is 2.29. The standard InChI is InChI=1S/C12H17NO4/c1-4-9(14)11-8(12(15)17-5-2)6-13-7-10(11)16-3/h6-7,9,14H,4-5H2,1-3H3.